The van der Waals surface area contributed by atoms with Gasteiger partial charge in [-0.25, -0.2) is 4.79 Å². The summed E-state index contributed by atoms with van der Waals surface area (Å²) in [7, 11) is 1.54. The summed E-state index contributed by atoms with van der Waals surface area (Å²) < 4.78 is 16.6. The van der Waals surface area contributed by atoms with Crippen LogP contribution in [0, 0.1) is 0 Å². The zero-order valence-electron chi connectivity index (χ0n) is 17.1. The molecule has 0 saturated heterocycles. The Morgan fingerprint density at radius 3 is 2.34 bits per heavy atom. The maximum atomic E-state index is 12.3. The van der Waals surface area contributed by atoms with E-state index in [-0.39, 0.29) is 24.5 Å². The van der Waals surface area contributed by atoms with Gasteiger partial charge in [0.1, 0.15) is 12.4 Å². The maximum absolute atomic E-state index is 12.3. The molecule has 0 saturated carbocycles. The van der Waals surface area contributed by atoms with Crippen LogP contribution in [0.3, 0.4) is 0 Å². The van der Waals surface area contributed by atoms with Crippen LogP contribution < -0.4 is 10.1 Å². The number of anilines is 1. The lowest BCUT2D eigenvalue weighted by atomic mass is 9.86. The molecule has 7 heteroatoms. The van der Waals surface area contributed by atoms with E-state index in [2.05, 4.69) is 42.0 Å². The fourth-order valence-corrected chi connectivity index (χ4v) is 2.91. The van der Waals surface area contributed by atoms with Gasteiger partial charge >= 0.3 is 5.97 Å². The lowest BCUT2D eigenvalue weighted by molar-refractivity contribution is -0.118. The van der Waals surface area contributed by atoms with Crippen LogP contribution in [-0.4, -0.2) is 38.8 Å². The highest BCUT2D eigenvalue weighted by atomic mass is 79.9. The van der Waals surface area contributed by atoms with Gasteiger partial charge in [0, 0.05) is 22.8 Å². The van der Waals surface area contributed by atoms with Gasteiger partial charge in [0.25, 0.3) is 5.91 Å². The third-order valence-electron chi connectivity index (χ3n) is 4.03. The van der Waals surface area contributed by atoms with Crippen molar-refractivity contribution in [2.75, 3.05) is 32.2 Å². The van der Waals surface area contributed by atoms with Crippen molar-refractivity contribution < 1.29 is 23.8 Å². The molecule has 0 aliphatic rings. The van der Waals surface area contributed by atoms with Crippen molar-refractivity contribution in [2.24, 2.45) is 0 Å². The molecule has 0 unspecified atom stereocenters. The minimum absolute atomic E-state index is 0.120. The molecular weight excluding hydrogens is 438 g/mol. The second kappa shape index (κ2) is 10.4. The summed E-state index contributed by atoms with van der Waals surface area (Å²) in [6.45, 7) is 6.68. The Hall–Kier alpha value is -2.38. The summed E-state index contributed by atoms with van der Waals surface area (Å²) in [6.07, 6.45) is 0. The molecule has 2 rings (SSSR count). The van der Waals surface area contributed by atoms with Crippen molar-refractivity contribution in [3.63, 3.8) is 0 Å². The summed E-state index contributed by atoms with van der Waals surface area (Å²) >= 11 is 3.47. The first-order valence-electron chi connectivity index (χ1n) is 9.19. The van der Waals surface area contributed by atoms with Crippen molar-refractivity contribution in [1.29, 1.82) is 0 Å². The molecule has 1 amide bonds. The minimum atomic E-state index is -0.437. The van der Waals surface area contributed by atoms with E-state index in [1.54, 1.807) is 24.3 Å². The highest BCUT2D eigenvalue weighted by Gasteiger charge is 2.20. The average molecular weight is 464 g/mol. The minimum Gasteiger partial charge on any atom is -0.483 e. The van der Waals surface area contributed by atoms with Crippen LogP contribution in [0.2, 0.25) is 0 Å². The molecule has 2 aromatic rings. The standard InChI is InChI=1S/C22H26BrNO5/c1-22(2,3)18-13-16(23)7-10-19(18)29-14-20(25)24-17-8-5-15(6-9-17)21(26)28-12-11-27-4/h5-10,13H,11-12,14H2,1-4H3,(H,24,25). The van der Waals surface area contributed by atoms with E-state index in [1.165, 1.54) is 7.11 Å². The number of amides is 1. The van der Waals surface area contributed by atoms with Gasteiger partial charge in [-0.05, 0) is 47.9 Å². The van der Waals surface area contributed by atoms with Crippen LogP contribution >= 0.6 is 15.9 Å². The monoisotopic (exact) mass is 463 g/mol. The summed E-state index contributed by atoms with van der Waals surface area (Å²) in [5.41, 5.74) is 1.86. The Morgan fingerprint density at radius 2 is 1.72 bits per heavy atom. The first kappa shape index (κ1) is 22.9. The molecule has 0 bridgehead atoms. The van der Waals surface area contributed by atoms with Gasteiger partial charge < -0.3 is 19.5 Å². The maximum Gasteiger partial charge on any atom is 0.338 e. The van der Waals surface area contributed by atoms with E-state index in [4.69, 9.17) is 14.2 Å². The lowest BCUT2D eigenvalue weighted by Gasteiger charge is -2.23. The van der Waals surface area contributed by atoms with Crippen LogP contribution in [0.5, 0.6) is 5.75 Å². The number of ether oxygens (including phenoxy) is 3. The molecule has 2 aromatic carbocycles. The first-order valence-corrected chi connectivity index (χ1v) is 9.99. The molecule has 0 spiro atoms. The van der Waals surface area contributed by atoms with Crippen LogP contribution in [0.4, 0.5) is 5.69 Å². The Morgan fingerprint density at radius 1 is 1.03 bits per heavy atom. The van der Waals surface area contributed by atoms with Gasteiger partial charge in [-0.1, -0.05) is 36.7 Å². The normalized spacial score (nSPS) is 11.1. The van der Waals surface area contributed by atoms with Crippen LogP contribution in [0.25, 0.3) is 0 Å². The molecule has 0 aliphatic heterocycles. The number of carbonyl (C=O) groups excluding carboxylic acids is 2. The van der Waals surface area contributed by atoms with Crippen molar-refractivity contribution in [3.8, 4) is 5.75 Å². The van der Waals surface area contributed by atoms with Crippen molar-refractivity contribution in [2.45, 2.75) is 26.2 Å². The number of methoxy groups -OCH3 is 1. The van der Waals surface area contributed by atoms with Crippen LogP contribution in [0.1, 0.15) is 36.7 Å². The van der Waals surface area contributed by atoms with Crippen LogP contribution in [-0.2, 0) is 19.7 Å². The fourth-order valence-electron chi connectivity index (χ4n) is 2.55. The lowest BCUT2D eigenvalue weighted by Crippen LogP contribution is -2.22. The topological polar surface area (TPSA) is 73.9 Å². The fraction of sp³-hybridized carbons (Fsp3) is 0.364. The molecule has 156 valence electrons. The Kier molecular flexibility index (Phi) is 8.22. The number of rotatable bonds is 8. The second-order valence-electron chi connectivity index (χ2n) is 7.43. The molecule has 0 fully saturated rings. The van der Waals surface area contributed by atoms with Gasteiger partial charge in [0.2, 0.25) is 0 Å². The molecule has 0 aromatic heterocycles. The predicted octanol–water partition coefficient (Wildman–Crippen LogP) is 4.57. The Balaban J connectivity index is 1.93. The van der Waals surface area contributed by atoms with E-state index >= 15 is 0 Å². The van der Waals surface area contributed by atoms with Gasteiger partial charge in [0.15, 0.2) is 6.61 Å². The predicted molar refractivity (Wildman–Crippen MR) is 116 cm³/mol. The third kappa shape index (κ3) is 7.18. The Bertz CT molecular complexity index is 843. The van der Waals surface area contributed by atoms with E-state index in [9.17, 15) is 9.59 Å². The summed E-state index contributed by atoms with van der Waals surface area (Å²) in [5, 5.41) is 2.75. The van der Waals surface area contributed by atoms with Crippen LogP contribution in [0.15, 0.2) is 46.9 Å². The zero-order valence-corrected chi connectivity index (χ0v) is 18.7. The molecule has 0 aliphatic carbocycles. The molecule has 0 heterocycles. The number of nitrogens with one attached hydrogen (secondary N) is 1. The summed E-state index contributed by atoms with van der Waals surface area (Å²) in [4.78, 5) is 24.1. The van der Waals surface area contributed by atoms with Gasteiger partial charge in [0.05, 0.1) is 12.2 Å². The smallest absolute Gasteiger partial charge is 0.338 e. The second-order valence-corrected chi connectivity index (χ2v) is 8.35. The van der Waals surface area contributed by atoms with Crippen molar-refractivity contribution >= 4 is 33.5 Å². The molecular formula is C22H26BrNO5. The number of esters is 1. The van der Waals surface area contributed by atoms with Crippen molar-refractivity contribution in [1.82, 2.24) is 0 Å². The molecule has 29 heavy (non-hydrogen) atoms. The van der Waals surface area contributed by atoms with Gasteiger partial charge in [-0.2, -0.15) is 0 Å². The van der Waals surface area contributed by atoms with Gasteiger partial charge in [-0.3, -0.25) is 4.79 Å². The summed E-state index contributed by atoms with van der Waals surface area (Å²) in [5.74, 6) is -0.0543. The third-order valence-corrected chi connectivity index (χ3v) is 4.53. The average Bonchev–Trinajstić information content (AvgIpc) is 2.67. The van der Waals surface area contributed by atoms with Gasteiger partial charge in [-0.15, -0.1) is 0 Å². The Labute approximate surface area is 179 Å². The van der Waals surface area contributed by atoms with Crippen molar-refractivity contribution in [3.05, 3.63) is 58.1 Å². The van der Waals surface area contributed by atoms with E-state index in [1.807, 2.05) is 18.2 Å². The zero-order chi connectivity index (χ0) is 21.4. The SMILES string of the molecule is COCCOC(=O)c1ccc(NC(=O)COc2ccc(Br)cc2C(C)(C)C)cc1. The summed E-state index contributed by atoms with van der Waals surface area (Å²) in [6, 6.07) is 12.2. The number of benzene rings is 2. The number of halogens is 1. The molecule has 6 nitrogen and oxygen atoms in total. The highest BCUT2D eigenvalue weighted by Crippen LogP contribution is 2.33. The quantitative estimate of drug-likeness (QED) is 0.458. The van der Waals surface area contributed by atoms with E-state index in [0.717, 1.165) is 10.0 Å². The highest BCUT2D eigenvalue weighted by molar-refractivity contribution is 9.10. The number of hydrogen-bond acceptors (Lipinski definition) is 5. The van der Waals surface area contributed by atoms with E-state index in [0.29, 0.717) is 23.6 Å². The first-order chi connectivity index (χ1) is 13.7. The molecule has 1 N–H and O–H groups in total. The molecule has 0 atom stereocenters. The molecule has 0 radical (unpaired) electrons. The number of carbonyl (C=O) groups is 2. The largest absolute Gasteiger partial charge is 0.483 e. The van der Waals surface area contributed by atoms with E-state index < -0.39 is 5.97 Å². The number of hydrogen-bond donors (Lipinski definition) is 1.